The quantitative estimate of drug-likeness (QED) is 0.145. The molecule has 1 aliphatic heterocycles. The number of ether oxygens (including phenoxy) is 1. The van der Waals surface area contributed by atoms with Gasteiger partial charge in [0.1, 0.15) is 11.9 Å². The normalized spacial score (nSPS) is 14.7. The van der Waals surface area contributed by atoms with E-state index in [-0.39, 0.29) is 12.0 Å². The molecule has 2 atom stereocenters. The van der Waals surface area contributed by atoms with Gasteiger partial charge in [0.2, 0.25) is 0 Å². The smallest absolute Gasteiger partial charge is 0.135 e. The zero-order valence-electron chi connectivity index (χ0n) is 44.1. The Hall–Kier alpha value is -10.6. The van der Waals surface area contributed by atoms with Gasteiger partial charge in [-0.3, -0.25) is 9.97 Å². The molecule has 2 aliphatic rings. The summed E-state index contributed by atoms with van der Waals surface area (Å²) in [6.07, 6.45) is 8.34. The Morgan fingerprint density at radius 3 is 1.46 bits per heavy atom. The number of hydrogen-bond donors (Lipinski definition) is 0. The summed E-state index contributed by atoms with van der Waals surface area (Å²) in [5.74, 6) is 0.855. The second-order valence-corrected chi connectivity index (χ2v) is 21.2. The van der Waals surface area contributed by atoms with Gasteiger partial charge in [0.15, 0.2) is 0 Å². The third kappa shape index (κ3) is 7.84. The Bertz CT molecular complexity index is 4840. The van der Waals surface area contributed by atoms with Gasteiger partial charge in [-0.15, -0.1) is 0 Å². The predicted molar refractivity (Wildman–Crippen MR) is 334 cm³/mol. The topological polar surface area (TPSA) is 44.9 Å². The number of rotatable bonds is 9. The monoisotopic (exact) mass is 1030 g/mol. The highest BCUT2D eigenvalue weighted by Gasteiger charge is 2.39. The van der Waals surface area contributed by atoms with Crippen molar-refractivity contribution < 1.29 is 4.74 Å². The van der Waals surface area contributed by atoms with E-state index in [0.29, 0.717) is 0 Å². The number of hydrogen-bond acceptors (Lipinski definition) is 3. The minimum absolute atomic E-state index is 0.0561. The molecule has 0 amide bonds. The second kappa shape index (κ2) is 19.1. The maximum atomic E-state index is 7.17. The Balaban J connectivity index is 0.847. The number of para-hydroxylation sites is 3. The summed E-state index contributed by atoms with van der Waals surface area (Å²) in [6.45, 7) is 0. The van der Waals surface area contributed by atoms with E-state index in [4.69, 9.17) is 14.7 Å². The minimum Gasteiger partial charge on any atom is -0.484 e. The molecular formula is C76H50N4O. The maximum Gasteiger partial charge on any atom is 0.135 e. The first-order chi connectivity index (χ1) is 40.2. The van der Waals surface area contributed by atoms with Crippen LogP contribution in [0, 0.1) is 0 Å². The molecule has 2 unspecified atom stereocenters. The first-order valence-corrected chi connectivity index (χ1v) is 27.8. The van der Waals surface area contributed by atoms with Crippen LogP contribution < -0.4 is 4.74 Å². The molecule has 5 heterocycles. The van der Waals surface area contributed by atoms with Gasteiger partial charge in [0, 0.05) is 73.5 Å². The van der Waals surface area contributed by atoms with Crippen LogP contribution in [0.2, 0.25) is 0 Å². The summed E-state index contributed by atoms with van der Waals surface area (Å²) in [7, 11) is 0. The van der Waals surface area contributed by atoms with E-state index >= 15 is 0 Å². The van der Waals surface area contributed by atoms with Gasteiger partial charge in [-0.1, -0.05) is 164 Å². The lowest BCUT2D eigenvalue weighted by atomic mass is 9.79. The SMILES string of the molecule is C1=C(c2cccc(-c3ccc4c(c3)c3cc(-c5ccccc5-c5ccccn5)ccc3n4-c3ccccc3)c2)C=C(c2ccc3c(c2)c2ccccc2n3-c2ccccc2)C2Oc3ccc(-c4ccccc4-c4ccccn4)cc3C12. The molecule has 0 saturated heterocycles. The van der Waals surface area contributed by atoms with Gasteiger partial charge in [0.25, 0.3) is 0 Å². The molecule has 4 aromatic heterocycles. The number of nitrogens with zero attached hydrogens (tertiary/aromatic N) is 4. The number of pyridine rings is 2. The molecule has 14 aromatic rings. The fourth-order valence-electron chi connectivity index (χ4n) is 12.9. The van der Waals surface area contributed by atoms with Crippen LogP contribution in [0.3, 0.4) is 0 Å². The van der Waals surface area contributed by atoms with E-state index in [1.807, 2.05) is 24.5 Å². The molecule has 0 radical (unpaired) electrons. The van der Waals surface area contributed by atoms with Gasteiger partial charge in [0.05, 0.1) is 33.5 Å². The van der Waals surface area contributed by atoms with Crippen molar-refractivity contribution in [2.75, 3.05) is 0 Å². The average Bonchev–Trinajstić information content (AvgIpc) is 4.14. The van der Waals surface area contributed by atoms with Crippen molar-refractivity contribution in [2.24, 2.45) is 0 Å². The Morgan fingerprint density at radius 1 is 0.333 bits per heavy atom. The number of aromatic nitrogens is 4. The zero-order chi connectivity index (χ0) is 53.4. The van der Waals surface area contributed by atoms with Crippen LogP contribution >= 0.6 is 0 Å². The summed E-state index contributed by atoms with van der Waals surface area (Å²) >= 11 is 0. The first-order valence-electron chi connectivity index (χ1n) is 27.8. The second-order valence-electron chi connectivity index (χ2n) is 21.2. The number of fused-ring (bicyclic) bond motifs is 9. The molecule has 1 aliphatic carbocycles. The summed E-state index contributed by atoms with van der Waals surface area (Å²) in [6, 6.07) is 96.3. The molecular weight excluding hydrogens is 985 g/mol. The van der Waals surface area contributed by atoms with Crippen molar-refractivity contribution in [3.05, 3.63) is 308 Å². The van der Waals surface area contributed by atoms with E-state index in [9.17, 15) is 0 Å². The van der Waals surface area contributed by atoms with Crippen LogP contribution in [0.1, 0.15) is 22.6 Å². The fraction of sp³-hybridized carbons (Fsp3) is 0.0263. The molecule has 380 valence electrons. The molecule has 0 N–H and O–H groups in total. The largest absolute Gasteiger partial charge is 0.484 e. The molecule has 81 heavy (non-hydrogen) atoms. The molecule has 0 fully saturated rings. The maximum absolute atomic E-state index is 7.17. The number of benzene rings is 10. The van der Waals surface area contributed by atoms with Gasteiger partial charge < -0.3 is 13.9 Å². The lowest BCUT2D eigenvalue weighted by Crippen LogP contribution is -2.22. The van der Waals surface area contributed by atoms with Gasteiger partial charge in [-0.05, 0) is 165 Å². The predicted octanol–water partition coefficient (Wildman–Crippen LogP) is 19.0. The molecule has 5 nitrogen and oxygen atoms in total. The lowest BCUT2D eigenvalue weighted by Gasteiger charge is -2.26. The molecule has 10 aromatic carbocycles. The van der Waals surface area contributed by atoms with Crippen molar-refractivity contribution in [1.29, 1.82) is 0 Å². The van der Waals surface area contributed by atoms with Crippen molar-refractivity contribution in [3.63, 3.8) is 0 Å². The Kier molecular flexibility index (Phi) is 10.9. The summed E-state index contributed by atoms with van der Waals surface area (Å²) in [4.78, 5) is 9.53. The van der Waals surface area contributed by atoms with Crippen molar-refractivity contribution in [1.82, 2.24) is 19.1 Å². The van der Waals surface area contributed by atoms with Crippen LogP contribution in [0.4, 0.5) is 0 Å². The van der Waals surface area contributed by atoms with Crippen LogP contribution in [0.15, 0.2) is 291 Å². The average molecular weight is 1040 g/mol. The Labute approximate surface area is 469 Å². The van der Waals surface area contributed by atoms with Crippen molar-refractivity contribution in [2.45, 2.75) is 12.0 Å². The van der Waals surface area contributed by atoms with E-state index in [2.05, 4.69) is 276 Å². The third-order valence-corrected chi connectivity index (χ3v) is 16.6. The molecule has 0 spiro atoms. The van der Waals surface area contributed by atoms with Crippen molar-refractivity contribution in [3.8, 4) is 73.0 Å². The Morgan fingerprint density at radius 2 is 0.815 bits per heavy atom. The number of allylic oxidation sites excluding steroid dienone is 2. The highest BCUT2D eigenvalue weighted by atomic mass is 16.5. The van der Waals surface area contributed by atoms with E-state index in [0.717, 1.165) is 106 Å². The van der Waals surface area contributed by atoms with Gasteiger partial charge >= 0.3 is 0 Å². The lowest BCUT2D eigenvalue weighted by molar-refractivity contribution is 0.278. The molecule has 5 heteroatoms. The standard InChI is InChI=1S/C76H50N4O/c1-3-20-56(21-4-1)79-71-31-12-11-28-62(71)64-45-54(34-38-72(64)79)63-47-55(48-68-67-46-53(35-39-75(67)81-76(63)68)59-25-8-10-27-61(59)70-30-14-16-41-78-70)50-19-17-18-49(42-50)51-32-36-73-65(43-51)66-44-52(33-37-74(66)80(73)57-22-5-2-6-23-57)58-24-7-9-26-60(58)69-29-13-15-40-77-69/h1-48,68,76H. The first kappa shape index (κ1) is 46.5. The fourth-order valence-corrected chi connectivity index (χ4v) is 12.9. The molecule has 0 saturated carbocycles. The van der Waals surface area contributed by atoms with E-state index in [1.165, 1.54) is 38.1 Å². The van der Waals surface area contributed by atoms with Crippen molar-refractivity contribution >= 4 is 54.8 Å². The minimum atomic E-state index is -0.238. The van der Waals surface area contributed by atoms with Gasteiger partial charge in [-0.2, -0.15) is 0 Å². The van der Waals surface area contributed by atoms with E-state index in [1.54, 1.807) is 0 Å². The van der Waals surface area contributed by atoms with Crippen LogP contribution in [0.25, 0.3) is 122 Å². The third-order valence-electron chi connectivity index (χ3n) is 16.6. The summed E-state index contributed by atoms with van der Waals surface area (Å²) in [5, 5.41) is 4.82. The highest BCUT2D eigenvalue weighted by molar-refractivity contribution is 6.13. The van der Waals surface area contributed by atoms with Crippen LogP contribution in [-0.2, 0) is 0 Å². The highest BCUT2D eigenvalue weighted by Crippen LogP contribution is 2.51. The summed E-state index contributed by atoms with van der Waals surface area (Å²) in [5.41, 5.74) is 23.7. The zero-order valence-corrected chi connectivity index (χ0v) is 44.1. The van der Waals surface area contributed by atoms with E-state index < -0.39 is 0 Å². The van der Waals surface area contributed by atoms with Crippen LogP contribution in [-0.4, -0.2) is 25.2 Å². The van der Waals surface area contributed by atoms with Crippen LogP contribution in [0.5, 0.6) is 5.75 Å². The summed E-state index contributed by atoms with van der Waals surface area (Å²) < 4.78 is 12.0. The molecule has 0 bridgehead atoms. The molecule has 16 rings (SSSR count). The van der Waals surface area contributed by atoms with Gasteiger partial charge in [-0.25, -0.2) is 0 Å².